The summed E-state index contributed by atoms with van der Waals surface area (Å²) in [6.07, 6.45) is 0. The van der Waals surface area contributed by atoms with E-state index in [0.717, 1.165) is 94.3 Å². The maximum atomic E-state index is 5.48. The highest BCUT2D eigenvalue weighted by molar-refractivity contribution is 6.22. The molecule has 0 bridgehead atoms. The molecule has 0 amide bonds. The number of hydrogen-bond donors (Lipinski definition) is 0. The number of benzene rings is 9. The van der Waals surface area contributed by atoms with Crippen LogP contribution >= 0.6 is 0 Å². The third kappa shape index (κ3) is 5.18. The van der Waals surface area contributed by atoms with Crippen LogP contribution in [0.25, 0.3) is 88.4 Å². The Morgan fingerprint density at radius 1 is 0.373 bits per heavy atom. The quantitative estimate of drug-likeness (QED) is 0.170. The molecule has 0 aliphatic heterocycles. The van der Waals surface area contributed by atoms with Crippen molar-refractivity contribution < 1.29 is 0 Å². The average Bonchev–Trinajstić information content (AvgIpc) is 3.87. The van der Waals surface area contributed by atoms with Crippen LogP contribution in [-0.4, -0.2) is 18.9 Å². The minimum Gasteiger partial charge on any atom is -0.309 e. The molecular weight excluding hydrogens is 719 g/mol. The summed E-state index contributed by atoms with van der Waals surface area (Å²) in [6.45, 7) is 0. The van der Waals surface area contributed by atoms with E-state index in [4.69, 9.17) is 9.97 Å². The van der Waals surface area contributed by atoms with Crippen LogP contribution in [0.15, 0.2) is 212 Å². The van der Waals surface area contributed by atoms with E-state index in [9.17, 15) is 0 Å². The van der Waals surface area contributed by atoms with Crippen molar-refractivity contribution in [1.29, 1.82) is 0 Å². The monoisotopic (exact) mass is 753 g/mol. The van der Waals surface area contributed by atoms with Crippen LogP contribution in [0.2, 0.25) is 0 Å². The molecule has 3 aromatic heterocycles. The number of anilines is 3. The predicted octanol–water partition coefficient (Wildman–Crippen LogP) is 14.1. The first-order chi connectivity index (χ1) is 29.3. The lowest BCUT2D eigenvalue weighted by molar-refractivity contribution is 0.981. The SMILES string of the molecule is c1ccc(-c2ccc(N(c3ccccc3-c3ccccc3)c3cc4c5ccccc5n(-c5nc6ccccc6c6nc7ccccc7n56)c4c4ccccc34)cc2)cc1. The van der Waals surface area contributed by atoms with Crippen molar-refractivity contribution in [1.82, 2.24) is 18.9 Å². The van der Waals surface area contributed by atoms with Crippen molar-refractivity contribution in [3.05, 3.63) is 212 Å². The maximum absolute atomic E-state index is 5.48. The summed E-state index contributed by atoms with van der Waals surface area (Å²) in [7, 11) is 0. The molecular formula is C54H35N5. The molecule has 12 aromatic rings. The van der Waals surface area contributed by atoms with E-state index in [1.807, 2.05) is 0 Å². The Kier molecular flexibility index (Phi) is 7.47. The van der Waals surface area contributed by atoms with Crippen molar-refractivity contribution in [3.63, 3.8) is 0 Å². The van der Waals surface area contributed by atoms with Gasteiger partial charge in [-0.15, -0.1) is 0 Å². The summed E-state index contributed by atoms with van der Waals surface area (Å²) in [5, 5.41) is 5.58. The third-order valence-electron chi connectivity index (χ3n) is 11.7. The summed E-state index contributed by atoms with van der Waals surface area (Å²) < 4.78 is 4.60. The molecule has 0 atom stereocenters. The summed E-state index contributed by atoms with van der Waals surface area (Å²) in [6, 6.07) is 75.7. The summed E-state index contributed by atoms with van der Waals surface area (Å²) in [5.41, 5.74) is 13.9. The van der Waals surface area contributed by atoms with Gasteiger partial charge in [-0.25, -0.2) is 9.97 Å². The van der Waals surface area contributed by atoms with Gasteiger partial charge in [-0.05, 0) is 71.3 Å². The highest BCUT2D eigenvalue weighted by Crippen LogP contribution is 2.48. The number of hydrogen-bond acceptors (Lipinski definition) is 3. The minimum absolute atomic E-state index is 0.805. The smallest absolute Gasteiger partial charge is 0.221 e. The summed E-state index contributed by atoms with van der Waals surface area (Å²) in [5.74, 6) is 0.805. The van der Waals surface area contributed by atoms with Gasteiger partial charge in [0.25, 0.3) is 0 Å². The number of imidazole rings is 1. The number of fused-ring (bicyclic) bond motifs is 10. The second-order valence-corrected chi connectivity index (χ2v) is 15.0. The van der Waals surface area contributed by atoms with Crippen LogP contribution in [0.3, 0.4) is 0 Å². The molecule has 3 heterocycles. The fourth-order valence-electron chi connectivity index (χ4n) is 9.05. The van der Waals surface area contributed by atoms with Gasteiger partial charge in [-0.2, -0.15) is 0 Å². The second-order valence-electron chi connectivity index (χ2n) is 15.0. The van der Waals surface area contributed by atoms with E-state index in [2.05, 4.69) is 226 Å². The van der Waals surface area contributed by atoms with Crippen molar-refractivity contribution in [2.45, 2.75) is 0 Å². The summed E-state index contributed by atoms with van der Waals surface area (Å²) in [4.78, 5) is 13.1. The standard InChI is InChI=1S/C54H35N5/c1-3-17-36(18-4-1)37-31-33-39(34-32-37)57(48-28-14-10-21-40(48)38-19-5-2-6-20-38)51-35-45-42-23-11-15-29-49(42)58(52(45)43-24-8-7-22-41(43)51)54-56-46-26-12-9-25-44(46)53-55-47-27-13-16-30-50(47)59(53)54/h1-35H. The number of rotatable bonds is 6. The molecule has 0 unspecified atom stereocenters. The maximum Gasteiger partial charge on any atom is 0.221 e. The van der Waals surface area contributed by atoms with E-state index in [-0.39, 0.29) is 0 Å². The van der Waals surface area contributed by atoms with Crippen molar-refractivity contribution in [2.75, 3.05) is 4.90 Å². The molecule has 0 saturated carbocycles. The molecule has 5 nitrogen and oxygen atoms in total. The van der Waals surface area contributed by atoms with Crippen molar-refractivity contribution >= 4 is 77.2 Å². The van der Waals surface area contributed by atoms with Gasteiger partial charge in [0, 0.05) is 38.2 Å². The zero-order valence-electron chi connectivity index (χ0n) is 31.9. The first kappa shape index (κ1) is 33.2. The molecule has 0 N–H and O–H groups in total. The van der Waals surface area contributed by atoms with E-state index in [0.29, 0.717) is 0 Å². The van der Waals surface area contributed by atoms with Gasteiger partial charge >= 0.3 is 0 Å². The normalized spacial score (nSPS) is 11.7. The van der Waals surface area contributed by atoms with Gasteiger partial charge < -0.3 is 4.90 Å². The number of nitrogens with zero attached hydrogens (tertiary/aromatic N) is 5. The van der Waals surface area contributed by atoms with Crippen molar-refractivity contribution in [2.24, 2.45) is 0 Å². The molecule has 0 saturated heterocycles. The molecule has 0 spiro atoms. The van der Waals surface area contributed by atoms with Gasteiger partial charge in [0.1, 0.15) is 5.65 Å². The Morgan fingerprint density at radius 3 is 1.73 bits per heavy atom. The van der Waals surface area contributed by atoms with Crippen LogP contribution in [0.5, 0.6) is 0 Å². The molecule has 0 aliphatic carbocycles. The first-order valence-electron chi connectivity index (χ1n) is 20.0. The Labute approximate surface area is 340 Å². The molecule has 0 aliphatic rings. The van der Waals surface area contributed by atoms with Crippen molar-refractivity contribution in [3.8, 4) is 28.2 Å². The molecule has 0 fully saturated rings. The zero-order chi connectivity index (χ0) is 38.9. The fourth-order valence-corrected chi connectivity index (χ4v) is 9.05. The topological polar surface area (TPSA) is 38.4 Å². The lowest BCUT2D eigenvalue weighted by atomic mass is 9.98. The molecule has 59 heavy (non-hydrogen) atoms. The van der Waals surface area contributed by atoms with Gasteiger partial charge in [0.2, 0.25) is 5.95 Å². The van der Waals surface area contributed by atoms with Gasteiger partial charge in [-0.3, -0.25) is 8.97 Å². The van der Waals surface area contributed by atoms with E-state index in [1.54, 1.807) is 0 Å². The highest BCUT2D eigenvalue weighted by Gasteiger charge is 2.25. The Bertz CT molecular complexity index is 3550. The van der Waals surface area contributed by atoms with Gasteiger partial charge in [0.05, 0.1) is 39.0 Å². The van der Waals surface area contributed by atoms with Crippen LogP contribution in [0.4, 0.5) is 17.1 Å². The van der Waals surface area contributed by atoms with Gasteiger partial charge in [-0.1, -0.05) is 158 Å². The Balaban J connectivity index is 1.19. The predicted molar refractivity (Wildman–Crippen MR) is 245 cm³/mol. The fraction of sp³-hybridized carbons (Fsp3) is 0. The average molecular weight is 754 g/mol. The van der Waals surface area contributed by atoms with Gasteiger partial charge in [0.15, 0.2) is 0 Å². The lowest BCUT2D eigenvalue weighted by Crippen LogP contribution is -2.12. The van der Waals surface area contributed by atoms with Crippen LogP contribution in [0.1, 0.15) is 0 Å². The number of aromatic nitrogens is 4. The minimum atomic E-state index is 0.805. The Hall–Kier alpha value is -8.02. The van der Waals surface area contributed by atoms with E-state index < -0.39 is 0 Å². The Morgan fingerprint density at radius 2 is 0.949 bits per heavy atom. The third-order valence-corrected chi connectivity index (χ3v) is 11.7. The highest BCUT2D eigenvalue weighted by atomic mass is 15.2. The zero-order valence-corrected chi connectivity index (χ0v) is 31.9. The van der Waals surface area contributed by atoms with Crippen LogP contribution in [-0.2, 0) is 0 Å². The summed E-state index contributed by atoms with van der Waals surface area (Å²) >= 11 is 0. The van der Waals surface area contributed by atoms with E-state index in [1.165, 1.54) is 11.1 Å². The molecule has 0 radical (unpaired) electrons. The molecule has 5 heteroatoms. The van der Waals surface area contributed by atoms with E-state index >= 15 is 0 Å². The second kappa shape index (κ2) is 13.3. The first-order valence-corrected chi connectivity index (χ1v) is 20.0. The number of para-hydroxylation sites is 5. The largest absolute Gasteiger partial charge is 0.309 e. The lowest BCUT2D eigenvalue weighted by Gasteiger charge is -2.29. The molecule has 276 valence electrons. The molecule has 9 aromatic carbocycles. The van der Waals surface area contributed by atoms with Crippen LogP contribution < -0.4 is 4.90 Å². The molecule has 12 rings (SSSR count). The van der Waals surface area contributed by atoms with Crippen LogP contribution in [0, 0.1) is 0 Å².